The maximum absolute atomic E-state index is 10.9. The number of piperazine rings is 1. The Kier molecular flexibility index (Phi) is 5.29. The van der Waals surface area contributed by atoms with Crippen molar-refractivity contribution in [3.05, 3.63) is 66.0 Å². The second-order valence-electron chi connectivity index (χ2n) is 8.64. The van der Waals surface area contributed by atoms with Crippen molar-refractivity contribution in [1.29, 1.82) is 0 Å². The Hall–Kier alpha value is -4.01. The number of hydrogen-bond acceptors (Lipinski definition) is 7. The molecule has 4 aromatic rings. The summed E-state index contributed by atoms with van der Waals surface area (Å²) < 4.78 is 7.68. The number of anilines is 1. The highest BCUT2D eigenvalue weighted by atomic mass is 16.5. The molecule has 1 aromatic carbocycles. The van der Waals surface area contributed by atoms with Crippen molar-refractivity contribution in [3.63, 3.8) is 0 Å². The van der Waals surface area contributed by atoms with Crippen LogP contribution in [-0.4, -0.2) is 68.7 Å². The maximum atomic E-state index is 10.9. The minimum atomic E-state index is 0.720. The van der Waals surface area contributed by atoms with E-state index in [-0.39, 0.29) is 0 Å². The van der Waals surface area contributed by atoms with Crippen LogP contribution >= 0.6 is 0 Å². The van der Waals surface area contributed by atoms with Crippen molar-refractivity contribution in [3.8, 4) is 16.9 Å². The molecular weight excluding hydrogens is 430 g/mol. The molecule has 1 saturated heterocycles. The number of carbonyl (C=O) groups is 1. The predicted molar refractivity (Wildman–Crippen MR) is 127 cm³/mol. The van der Waals surface area contributed by atoms with Gasteiger partial charge in [-0.25, -0.2) is 9.97 Å². The summed E-state index contributed by atoms with van der Waals surface area (Å²) in [6, 6.07) is 10.3. The van der Waals surface area contributed by atoms with E-state index < -0.39 is 0 Å². The smallest absolute Gasteiger partial charge is 0.209 e. The minimum absolute atomic E-state index is 0.720. The van der Waals surface area contributed by atoms with Gasteiger partial charge in [0, 0.05) is 68.1 Å². The number of aromatic nitrogens is 5. The lowest BCUT2D eigenvalue weighted by atomic mass is 10.0. The quantitative estimate of drug-likeness (QED) is 0.412. The minimum Gasteiger partial charge on any atom is -0.493 e. The van der Waals surface area contributed by atoms with Crippen molar-refractivity contribution in [2.45, 2.75) is 19.3 Å². The zero-order valence-corrected chi connectivity index (χ0v) is 18.8. The van der Waals surface area contributed by atoms with Gasteiger partial charge in [-0.1, -0.05) is 12.1 Å². The molecule has 0 radical (unpaired) electrons. The SMILES string of the molecule is O=CN1CCN(c2ccc(-c3cnc(CCc4cccc5c4CCO5)n4cnnc34)cn2)CC1. The molecule has 5 heterocycles. The molecule has 1 amide bonds. The van der Waals surface area contributed by atoms with Crippen molar-refractivity contribution in [2.75, 3.05) is 37.7 Å². The van der Waals surface area contributed by atoms with Crippen molar-refractivity contribution >= 4 is 17.9 Å². The van der Waals surface area contributed by atoms with Gasteiger partial charge in [-0.3, -0.25) is 9.20 Å². The lowest BCUT2D eigenvalue weighted by molar-refractivity contribution is -0.118. The Balaban J connectivity index is 1.22. The summed E-state index contributed by atoms with van der Waals surface area (Å²) >= 11 is 0. The van der Waals surface area contributed by atoms with E-state index in [0.29, 0.717) is 0 Å². The summed E-state index contributed by atoms with van der Waals surface area (Å²) in [5.41, 5.74) is 5.26. The maximum Gasteiger partial charge on any atom is 0.209 e. The summed E-state index contributed by atoms with van der Waals surface area (Å²) in [7, 11) is 0. The van der Waals surface area contributed by atoms with Crippen molar-refractivity contribution < 1.29 is 9.53 Å². The van der Waals surface area contributed by atoms with Crippen LogP contribution in [0.3, 0.4) is 0 Å². The molecule has 0 aliphatic carbocycles. The summed E-state index contributed by atoms with van der Waals surface area (Å²) in [5, 5.41) is 8.53. The van der Waals surface area contributed by atoms with Gasteiger partial charge < -0.3 is 14.5 Å². The summed E-state index contributed by atoms with van der Waals surface area (Å²) in [6.07, 6.45) is 9.02. The van der Waals surface area contributed by atoms with E-state index in [0.717, 1.165) is 92.6 Å². The third kappa shape index (κ3) is 3.72. The number of aryl methyl sites for hydroxylation is 2. The molecular formula is C25H25N7O2. The Morgan fingerprint density at radius 3 is 2.74 bits per heavy atom. The first kappa shape index (κ1) is 20.6. The second kappa shape index (κ2) is 8.74. The molecule has 34 heavy (non-hydrogen) atoms. The summed E-state index contributed by atoms with van der Waals surface area (Å²) in [4.78, 5) is 24.4. The molecule has 0 N–H and O–H groups in total. The molecule has 1 fully saturated rings. The van der Waals surface area contributed by atoms with Gasteiger partial charge in [-0.05, 0) is 30.2 Å². The van der Waals surface area contributed by atoms with Gasteiger partial charge in [0.2, 0.25) is 6.41 Å². The second-order valence-corrected chi connectivity index (χ2v) is 8.64. The number of carbonyl (C=O) groups excluding carboxylic acids is 1. The lowest BCUT2D eigenvalue weighted by Crippen LogP contribution is -2.45. The number of nitrogens with zero attached hydrogens (tertiary/aromatic N) is 7. The molecule has 0 unspecified atom stereocenters. The van der Waals surface area contributed by atoms with Crippen LogP contribution < -0.4 is 9.64 Å². The van der Waals surface area contributed by atoms with E-state index >= 15 is 0 Å². The van der Waals surface area contributed by atoms with Crippen molar-refractivity contribution in [1.82, 2.24) is 29.5 Å². The number of fused-ring (bicyclic) bond motifs is 2. The fourth-order valence-electron chi connectivity index (χ4n) is 4.82. The number of hydrogen-bond donors (Lipinski definition) is 0. The van der Waals surface area contributed by atoms with Crippen LogP contribution in [0.1, 0.15) is 17.0 Å². The van der Waals surface area contributed by atoms with E-state index in [1.165, 1.54) is 11.1 Å². The number of pyridine rings is 1. The average molecular weight is 456 g/mol. The zero-order valence-electron chi connectivity index (χ0n) is 18.8. The number of amides is 1. The molecule has 9 nitrogen and oxygen atoms in total. The molecule has 0 saturated carbocycles. The fraction of sp³-hybridized carbons (Fsp3) is 0.320. The third-order valence-electron chi connectivity index (χ3n) is 6.71. The first-order valence-corrected chi connectivity index (χ1v) is 11.6. The van der Waals surface area contributed by atoms with Gasteiger partial charge in [0.1, 0.15) is 23.7 Å². The third-order valence-corrected chi connectivity index (χ3v) is 6.71. The Labute approximate surface area is 197 Å². The molecule has 2 aliphatic heterocycles. The largest absolute Gasteiger partial charge is 0.493 e. The summed E-state index contributed by atoms with van der Waals surface area (Å²) in [5.74, 6) is 2.85. The Morgan fingerprint density at radius 1 is 1.00 bits per heavy atom. The fourth-order valence-corrected chi connectivity index (χ4v) is 4.82. The zero-order chi connectivity index (χ0) is 22.9. The molecule has 0 atom stereocenters. The van der Waals surface area contributed by atoms with Crippen LogP contribution in [-0.2, 0) is 24.1 Å². The van der Waals surface area contributed by atoms with Crippen LogP contribution in [0.25, 0.3) is 16.8 Å². The van der Waals surface area contributed by atoms with Crippen LogP contribution in [0, 0.1) is 0 Å². The van der Waals surface area contributed by atoms with Crippen LogP contribution in [0.2, 0.25) is 0 Å². The first-order chi connectivity index (χ1) is 16.8. The van der Waals surface area contributed by atoms with Gasteiger partial charge in [-0.2, -0.15) is 0 Å². The van der Waals surface area contributed by atoms with E-state index in [1.807, 2.05) is 35.0 Å². The highest BCUT2D eigenvalue weighted by molar-refractivity contribution is 5.76. The van der Waals surface area contributed by atoms with Gasteiger partial charge in [0.15, 0.2) is 5.65 Å². The standard InChI is InChI=1S/C25H25N7O2/c33-17-30-9-11-31(12-10-30)23-6-5-19(14-26-23)21-15-27-24(32-16-28-29-25(21)32)7-4-18-2-1-3-22-20(18)8-13-34-22/h1-3,5-6,14-17H,4,7-13H2. The molecule has 172 valence electrons. The van der Waals surface area contributed by atoms with Gasteiger partial charge in [0.25, 0.3) is 0 Å². The van der Waals surface area contributed by atoms with Crippen molar-refractivity contribution in [2.24, 2.45) is 0 Å². The topological polar surface area (TPSA) is 88.8 Å². The van der Waals surface area contributed by atoms with E-state index in [4.69, 9.17) is 9.72 Å². The molecule has 3 aromatic heterocycles. The average Bonchev–Trinajstić information content (AvgIpc) is 3.58. The first-order valence-electron chi connectivity index (χ1n) is 11.6. The summed E-state index contributed by atoms with van der Waals surface area (Å²) in [6.45, 7) is 3.77. The Bertz CT molecular complexity index is 1330. The van der Waals surface area contributed by atoms with Crippen LogP contribution in [0.5, 0.6) is 5.75 Å². The van der Waals surface area contributed by atoms with Crippen LogP contribution in [0.4, 0.5) is 5.82 Å². The Morgan fingerprint density at radius 2 is 1.91 bits per heavy atom. The predicted octanol–water partition coefficient (Wildman–Crippen LogP) is 2.18. The monoisotopic (exact) mass is 455 g/mol. The highest BCUT2D eigenvalue weighted by Gasteiger charge is 2.19. The van der Waals surface area contributed by atoms with Gasteiger partial charge in [-0.15, -0.1) is 10.2 Å². The van der Waals surface area contributed by atoms with E-state index in [1.54, 1.807) is 11.2 Å². The lowest BCUT2D eigenvalue weighted by Gasteiger charge is -2.33. The molecule has 9 heteroatoms. The van der Waals surface area contributed by atoms with Gasteiger partial charge >= 0.3 is 0 Å². The number of benzene rings is 1. The highest BCUT2D eigenvalue weighted by Crippen LogP contribution is 2.29. The molecule has 6 rings (SSSR count). The number of ether oxygens (including phenoxy) is 1. The van der Waals surface area contributed by atoms with E-state index in [9.17, 15) is 4.79 Å². The normalized spacial score (nSPS) is 15.4. The molecule has 2 aliphatic rings. The molecule has 0 spiro atoms. The van der Waals surface area contributed by atoms with E-state index in [2.05, 4.69) is 32.2 Å². The van der Waals surface area contributed by atoms with Gasteiger partial charge in [0.05, 0.1) is 6.61 Å². The molecule has 0 bridgehead atoms. The number of rotatable bonds is 6. The van der Waals surface area contributed by atoms with Crippen LogP contribution in [0.15, 0.2) is 49.1 Å².